The van der Waals surface area contributed by atoms with Gasteiger partial charge in [-0.05, 0) is 26.8 Å². The number of carbonyl (C=O) groups is 2. The second-order valence-electron chi connectivity index (χ2n) is 6.10. The molecule has 1 aliphatic rings. The summed E-state index contributed by atoms with van der Waals surface area (Å²) in [7, 11) is -3.63. The predicted molar refractivity (Wildman–Crippen MR) is 99.7 cm³/mol. The molecule has 146 valence electrons. The summed E-state index contributed by atoms with van der Waals surface area (Å²) in [6, 6.07) is 1.09. The van der Waals surface area contributed by atoms with Crippen LogP contribution >= 0.6 is 11.8 Å². The van der Waals surface area contributed by atoms with Crippen LogP contribution in [-0.2, 0) is 19.6 Å². The molecule has 0 radical (unpaired) electrons. The summed E-state index contributed by atoms with van der Waals surface area (Å²) in [5.41, 5.74) is 0.132. The SMILES string of the molecule is CCOC(=O)CN(C(=O)c1cc(S(=O)(=O)N2CCSCC2)c[nH]1)C(C)C. The Morgan fingerprint density at radius 1 is 1.35 bits per heavy atom. The third-order valence-electron chi connectivity index (χ3n) is 3.98. The number of nitrogens with zero attached hydrogens (tertiary/aromatic N) is 2. The largest absolute Gasteiger partial charge is 0.465 e. The Morgan fingerprint density at radius 3 is 2.58 bits per heavy atom. The van der Waals surface area contributed by atoms with Gasteiger partial charge in [0.2, 0.25) is 10.0 Å². The van der Waals surface area contributed by atoms with Crippen LogP contribution in [-0.4, -0.2) is 78.3 Å². The quantitative estimate of drug-likeness (QED) is 0.686. The van der Waals surface area contributed by atoms with Crippen molar-refractivity contribution in [3.8, 4) is 0 Å². The molecule has 0 aliphatic carbocycles. The van der Waals surface area contributed by atoms with E-state index in [0.29, 0.717) is 13.1 Å². The molecule has 2 heterocycles. The molecule has 1 aromatic rings. The van der Waals surface area contributed by atoms with Gasteiger partial charge in [-0.2, -0.15) is 16.1 Å². The summed E-state index contributed by atoms with van der Waals surface area (Å²) in [6.45, 7) is 6.23. The van der Waals surface area contributed by atoms with Gasteiger partial charge >= 0.3 is 5.97 Å². The minimum absolute atomic E-state index is 0.0626. The van der Waals surface area contributed by atoms with E-state index < -0.39 is 21.9 Å². The van der Waals surface area contributed by atoms with E-state index in [9.17, 15) is 18.0 Å². The van der Waals surface area contributed by atoms with Crippen LogP contribution in [0.5, 0.6) is 0 Å². The summed E-state index contributed by atoms with van der Waals surface area (Å²) in [5, 5.41) is 0. The lowest BCUT2D eigenvalue weighted by Gasteiger charge is -2.25. The maximum absolute atomic E-state index is 12.7. The molecule has 1 aliphatic heterocycles. The van der Waals surface area contributed by atoms with E-state index in [1.54, 1.807) is 32.5 Å². The molecule has 1 fully saturated rings. The second kappa shape index (κ2) is 8.92. The molecule has 0 atom stereocenters. The minimum atomic E-state index is -3.63. The van der Waals surface area contributed by atoms with Crippen LogP contribution in [0.4, 0.5) is 0 Å². The fraction of sp³-hybridized carbons (Fsp3) is 0.625. The highest BCUT2D eigenvalue weighted by molar-refractivity contribution is 7.99. The van der Waals surface area contributed by atoms with Gasteiger partial charge in [0.15, 0.2) is 0 Å². The highest BCUT2D eigenvalue weighted by Gasteiger charge is 2.29. The van der Waals surface area contributed by atoms with Crippen molar-refractivity contribution in [1.29, 1.82) is 0 Å². The molecule has 0 aromatic carbocycles. The van der Waals surface area contributed by atoms with Crippen molar-refractivity contribution < 1.29 is 22.7 Å². The number of H-pyrrole nitrogens is 1. The fourth-order valence-electron chi connectivity index (χ4n) is 2.57. The van der Waals surface area contributed by atoms with Crippen molar-refractivity contribution in [2.24, 2.45) is 0 Å². The van der Waals surface area contributed by atoms with Gasteiger partial charge in [0.25, 0.3) is 5.91 Å². The lowest BCUT2D eigenvalue weighted by molar-refractivity contribution is -0.144. The van der Waals surface area contributed by atoms with Crippen molar-refractivity contribution in [1.82, 2.24) is 14.2 Å². The van der Waals surface area contributed by atoms with Crippen molar-refractivity contribution in [3.63, 3.8) is 0 Å². The van der Waals surface area contributed by atoms with Crippen LogP contribution in [0.2, 0.25) is 0 Å². The first-order chi connectivity index (χ1) is 12.3. The van der Waals surface area contributed by atoms with E-state index in [1.807, 2.05) is 0 Å². The van der Waals surface area contributed by atoms with Gasteiger partial charge in [-0.15, -0.1) is 0 Å². The van der Waals surface area contributed by atoms with E-state index in [2.05, 4.69) is 4.98 Å². The molecule has 0 spiro atoms. The molecule has 0 unspecified atom stereocenters. The van der Waals surface area contributed by atoms with Crippen molar-refractivity contribution in [3.05, 3.63) is 18.0 Å². The highest BCUT2D eigenvalue weighted by Crippen LogP contribution is 2.21. The average Bonchev–Trinajstić information content (AvgIpc) is 3.11. The Balaban J connectivity index is 2.18. The zero-order valence-corrected chi connectivity index (χ0v) is 16.9. The van der Waals surface area contributed by atoms with Gasteiger partial charge in [0, 0.05) is 36.8 Å². The topological polar surface area (TPSA) is 99.8 Å². The molecular weight excluding hydrogens is 378 g/mol. The van der Waals surface area contributed by atoms with E-state index in [4.69, 9.17) is 4.74 Å². The second-order valence-corrected chi connectivity index (χ2v) is 9.26. The van der Waals surface area contributed by atoms with Gasteiger partial charge in [0.1, 0.15) is 17.1 Å². The number of aromatic amines is 1. The van der Waals surface area contributed by atoms with Gasteiger partial charge in [0.05, 0.1) is 6.61 Å². The van der Waals surface area contributed by atoms with Crippen LogP contribution in [0.25, 0.3) is 0 Å². The summed E-state index contributed by atoms with van der Waals surface area (Å²) in [5.74, 6) is 0.579. The van der Waals surface area contributed by atoms with E-state index in [-0.39, 0.29) is 29.8 Å². The Morgan fingerprint density at radius 2 is 2.00 bits per heavy atom. The summed E-state index contributed by atoms with van der Waals surface area (Å²) < 4.78 is 31.7. The van der Waals surface area contributed by atoms with Crippen LogP contribution in [0, 0.1) is 0 Å². The third-order valence-corrected chi connectivity index (χ3v) is 6.80. The highest BCUT2D eigenvalue weighted by atomic mass is 32.2. The Hall–Kier alpha value is -1.52. The van der Waals surface area contributed by atoms with Gasteiger partial charge in [-0.3, -0.25) is 9.59 Å². The van der Waals surface area contributed by atoms with Crippen molar-refractivity contribution in [2.45, 2.75) is 31.7 Å². The third kappa shape index (κ3) is 4.80. The van der Waals surface area contributed by atoms with Crippen molar-refractivity contribution in [2.75, 3.05) is 37.7 Å². The number of ether oxygens (including phenoxy) is 1. The number of amides is 1. The van der Waals surface area contributed by atoms with Gasteiger partial charge in [-0.1, -0.05) is 0 Å². The lowest BCUT2D eigenvalue weighted by atomic mass is 10.2. The first-order valence-electron chi connectivity index (χ1n) is 8.50. The average molecular weight is 404 g/mol. The normalized spacial score (nSPS) is 15.8. The molecule has 1 amide bonds. The number of carbonyl (C=O) groups excluding carboxylic acids is 2. The van der Waals surface area contributed by atoms with E-state index >= 15 is 0 Å². The Bertz CT molecular complexity index is 739. The number of sulfonamides is 1. The minimum Gasteiger partial charge on any atom is -0.465 e. The summed E-state index contributed by atoms with van der Waals surface area (Å²) in [4.78, 5) is 28.6. The molecule has 1 N–H and O–H groups in total. The molecular formula is C16H25N3O5S2. The first-order valence-corrected chi connectivity index (χ1v) is 11.1. The number of esters is 1. The summed E-state index contributed by atoms with van der Waals surface area (Å²) in [6.07, 6.45) is 1.33. The maximum atomic E-state index is 12.7. The molecule has 1 aromatic heterocycles. The van der Waals surface area contributed by atoms with Crippen LogP contribution in [0.3, 0.4) is 0 Å². The predicted octanol–water partition coefficient (Wildman–Crippen LogP) is 1.17. The number of thioether (sulfide) groups is 1. The molecule has 2 rings (SSSR count). The smallest absolute Gasteiger partial charge is 0.325 e. The van der Waals surface area contributed by atoms with E-state index in [1.165, 1.54) is 21.5 Å². The number of hydrogen-bond donors (Lipinski definition) is 1. The monoisotopic (exact) mass is 403 g/mol. The van der Waals surface area contributed by atoms with E-state index in [0.717, 1.165) is 11.5 Å². The zero-order valence-electron chi connectivity index (χ0n) is 15.2. The molecule has 0 bridgehead atoms. The number of nitrogens with one attached hydrogen (secondary N) is 1. The number of hydrogen-bond acceptors (Lipinski definition) is 6. The van der Waals surface area contributed by atoms with Gasteiger partial charge < -0.3 is 14.6 Å². The fourth-order valence-corrected chi connectivity index (χ4v) is 5.14. The number of rotatable bonds is 7. The Kier molecular flexibility index (Phi) is 7.13. The molecule has 8 nitrogen and oxygen atoms in total. The number of aromatic nitrogens is 1. The standard InChI is InChI=1S/C16H25N3O5S2/c1-4-24-15(20)11-19(12(2)3)16(21)14-9-13(10-17-14)26(22,23)18-5-7-25-8-6-18/h9-10,12,17H,4-8,11H2,1-3H3. The van der Waals surface area contributed by atoms with Crippen LogP contribution in [0.15, 0.2) is 17.2 Å². The van der Waals surface area contributed by atoms with Crippen LogP contribution in [0.1, 0.15) is 31.3 Å². The molecule has 1 saturated heterocycles. The zero-order chi connectivity index (χ0) is 19.3. The lowest BCUT2D eigenvalue weighted by Crippen LogP contribution is -2.41. The molecule has 0 saturated carbocycles. The van der Waals surface area contributed by atoms with Crippen LogP contribution < -0.4 is 0 Å². The van der Waals surface area contributed by atoms with Crippen molar-refractivity contribution >= 4 is 33.7 Å². The van der Waals surface area contributed by atoms with Gasteiger partial charge in [-0.25, -0.2) is 8.42 Å². The summed E-state index contributed by atoms with van der Waals surface area (Å²) >= 11 is 1.72. The first kappa shape index (κ1) is 20.8. The molecule has 10 heteroatoms. The Labute approximate surface area is 158 Å². The molecule has 26 heavy (non-hydrogen) atoms. The maximum Gasteiger partial charge on any atom is 0.325 e.